The molecule has 0 bridgehead atoms. The summed E-state index contributed by atoms with van der Waals surface area (Å²) in [6, 6.07) is 3.41. The van der Waals surface area contributed by atoms with Crippen molar-refractivity contribution in [1.29, 1.82) is 0 Å². The Labute approximate surface area is 208 Å². The van der Waals surface area contributed by atoms with Crippen LogP contribution in [0.2, 0.25) is 10.0 Å². The predicted molar refractivity (Wildman–Crippen MR) is 121 cm³/mol. The highest BCUT2D eigenvalue weighted by molar-refractivity contribution is 6.35. The molecule has 12 heteroatoms. The maximum Gasteiger partial charge on any atom is 0.435 e. The van der Waals surface area contributed by atoms with Crippen LogP contribution >= 0.6 is 23.2 Å². The number of hydrogen-bond donors (Lipinski definition) is 0. The number of amides is 1. The van der Waals surface area contributed by atoms with Gasteiger partial charge in [-0.15, -0.1) is 0 Å². The molecule has 0 radical (unpaired) electrons. The number of fused-ring (bicyclic) bond motifs is 1. The van der Waals surface area contributed by atoms with Gasteiger partial charge in [-0.2, -0.15) is 13.2 Å². The summed E-state index contributed by atoms with van der Waals surface area (Å²) in [6.07, 6.45) is -0.943. The SMILES string of the molecule is O=C(c1cc2c(cn1)CN(C1=NOC(c3cc(Cl)c(F)c(Cl)c3)(C(F)(F)F)C1)C2)N1CCCCC1. The number of oxime groups is 1. The molecule has 1 saturated heterocycles. The smallest absolute Gasteiger partial charge is 0.372 e. The first-order valence-electron chi connectivity index (χ1n) is 11.1. The fourth-order valence-corrected chi connectivity index (χ4v) is 5.17. The topological polar surface area (TPSA) is 58.0 Å². The molecule has 35 heavy (non-hydrogen) atoms. The lowest BCUT2D eigenvalue weighted by Gasteiger charge is -2.30. The molecule has 6 nitrogen and oxygen atoms in total. The van der Waals surface area contributed by atoms with Gasteiger partial charge in [-0.3, -0.25) is 9.78 Å². The molecule has 1 atom stereocenters. The largest absolute Gasteiger partial charge is 0.435 e. The van der Waals surface area contributed by atoms with E-state index in [-0.39, 0.29) is 24.8 Å². The predicted octanol–water partition coefficient (Wildman–Crippen LogP) is 5.66. The molecule has 3 aliphatic heterocycles. The molecule has 1 aromatic heterocycles. The van der Waals surface area contributed by atoms with Crippen LogP contribution in [-0.2, 0) is 23.5 Å². The summed E-state index contributed by atoms with van der Waals surface area (Å²) in [5.41, 5.74) is -1.39. The third-order valence-electron chi connectivity index (χ3n) is 6.65. The number of amidine groups is 1. The van der Waals surface area contributed by atoms with Crippen molar-refractivity contribution >= 4 is 34.9 Å². The van der Waals surface area contributed by atoms with Gasteiger partial charge in [0, 0.05) is 37.9 Å². The van der Waals surface area contributed by atoms with E-state index in [1.807, 2.05) is 0 Å². The number of carbonyl (C=O) groups is 1. The molecule has 0 spiro atoms. The van der Waals surface area contributed by atoms with Gasteiger partial charge in [0.15, 0.2) is 5.82 Å². The van der Waals surface area contributed by atoms with Gasteiger partial charge in [0.1, 0.15) is 11.5 Å². The van der Waals surface area contributed by atoms with E-state index in [0.717, 1.165) is 42.5 Å². The zero-order chi connectivity index (χ0) is 25.0. The first-order chi connectivity index (χ1) is 16.6. The first kappa shape index (κ1) is 24.1. The fraction of sp³-hybridized carbons (Fsp3) is 0.435. The van der Waals surface area contributed by atoms with Crippen molar-refractivity contribution in [3.63, 3.8) is 0 Å². The highest BCUT2D eigenvalue weighted by Gasteiger charge is 2.63. The van der Waals surface area contributed by atoms with Crippen molar-refractivity contribution in [2.45, 2.75) is 50.6 Å². The number of rotatable bonds is 2. The molecule has 0 N–H and O–H groups in total. The van der Waals surface area contributed by atoms with Crippen LogP contribution in [0.3, 0.4) is 0 Å². The van der Waals surface area contributed by atoms with E-state index in [2.05, 4.69) is 10.1 Å². The molecule has 1 fully saturated rings. The van der Waals surface area contributed by atoms with E-state index >= 15 is 0 Å². The zero-order valence-corrected chi connectivity index (χ0v) is 19.9. The summed E-state index contributed by atoms with van der Waals surface area (Å²) < 4.78 is 56.6. The normalized spacial score (nSPS) is 22.2. The van der Waals surface area contributed by atoms with Crippen molar-refractivity contribution in [1.82, 2.24) is 14.8 Å². The van der Waals surface area contributed by atoms with Crippen LogP contribution in [-0.4, -0.2) is 45.8 Å². The maximum atomic E-state index is 14.3. The number of halogens is 6. The summed E-state index contributed by atoms with van der Waals surface area (Å²) in [5.74, 6) is -1.08. The molecule has 0 aliphatic carbocycles. The summed E-state index contributed by atoms with van der Waals surface area (Å²) in [6.45, 7) is 1.89. The molecule has 4 heterocycles. The second-order valence-electron chi connectivity index (χ2n) is 8.90. The van der Waals surface area contributed by atoms with E-state index in [1.165, 1.54) is 0 Å². The molecule has 186 valence electrons. The number of nitrogens with zero attached hydrogens (tertiary/aromatic N) is 4. The van der Waals surface area contributed by atoms with Gasteiger partial charge >= 0.3 is 6.18 Å². The third kappa shape index (κ3) is 4.20. The van der Waals surface area contributed by atoms with Gasteiger partial charge in [-0.25, -0.2) is 4.39 Å². The lowest BCUT2D eigenvalue weighted by atomic mass is 9.89. The Hall–Kier alpha value is -2.59. The van der Waals surface area contributed by atoms with E-state index in [0.29, 0.717) is 18.8 Å². The minimum Gasteiger partial charge on any atom is -0.372 e. The van der Waals surface area contributed by atoms with Crippen molar-refractivity contribution in [2.24, 2.45) is 5.16 Å². The standard InChI is InChI=1S/C23H20Cl2F4N4O2/c24-16-7-15(8-17(25)20(16)26)22(23(27,28)29)9-19(31-35-22)33-11-13-6-18(30-10-14(13)12-33)21(34)32-4-2-1-3-5-32/h6-8,10H,1-5,9,11-12H2. The van der Waals surface area contributed by atoms with Gasteiger partial charge in [-0.05, 0) is 48.6 Å². The third-order valence-corrected chi connectivity index (χ3v) is 7.20. The average Bonchev–Trinajstić information content (AvgIpc) is 3.47. The number of aromatic nitrogens is 1. The second kappa shape index (κ2) is 8.81. The molecule has 1 unspecified atom stereocenters. The number of hydrogen-bond acceptors (Lipinski definition) is 5. The Kier molecular flexibility index (Phi) is 6.07. The first-order valence-corrected chi connectivity index (χ1v) is 11.8. The van der Waals surface area contributed by atoms with Gasteiger partial charge in [0.05, 0.1) is 16.5 Å². The summed E-state index contributed by atoms with van der Waals surface area (Å²) in [7, 11) is 0. The highest BCUT2D eigenvalue weighted by Crippen LogP contribution is 2.50. The van der Waals surface area contributed by atoms with Gasteiger partial charge in [0.25, 0.3) is 11.5 Å². The molecule has 1 amide bonds. The van der Waals surface area contributed by atoms with Gasteiger partial charge in [-0.1, -0.05) is 28.4 Å². The van der Waals surface area contributed by atoms with E-state index in [4.69, 9.17) is 28.0 Å². The van der Waals surface area contributed by atoms with Gasteiger partial charge < -0.3 is 14.6 Å². The monoisotopic (exact) mass is 530 g/mol. The number of likely N-dealkylation sites (tertiary alicyclic amines) is 1. The molecule has 1 aromatic carbocycles. The van der Waals surface area contributed by atoms with Crippen LogP contribution in [0, 0.1) is 5.82 Å². The molecular weight excluding hydrogens is 511 g/mol. The lowest BCUT2D eigenvalue weighted by Crippen LogP contribution is -2.44. The molecule has 0 saturated carbocycles. The highest BCUT2D eigenvalue weighted by atomic mass is 35.5. The van der Waals surface area contributed by atoms with E-state index in [1.54, 1.807) is 22.1 Å². The van der Waals surface area contributed by atoms with Crippen LogP contribution in [0.5, 0.6) is 0 Å². The molecule has 2 aromatic rings. The van der Waals surface area contributed by atoms with Crippen molar-refractivity contribution in [3.05, 3.63) is 62.6 Å². The van der Waals surface area contributed by atoms with Crippen molar-refractivity contribution < 1.29 is 27.2 Å². The zero-order valence-electron chi connectivity index (χ0n) is 18.3. The Morgan fingerprint density at radius 2 is 1.69 bits per heavy atom. The van der Waals surface area contributed by atoms with Gasteiger partial charge in [0.2, 0.25) is 0 Å². The molecule has 5 rings (SSSR count). The Balaban J connectivity index is 1.37. The number of benzene rings is 1. The number of carbonyl (C=O) groups excluding carboxylic acids is 1. The number of pyridine rings is 1. The van der Waals surface area contributed by atoms with Crippen LogP contribution < -0.4 is 0 Å². The minimum absolute atomic E-state index is 0.0685. The average molecular weight is 531 g/mol. The van der Waals surface area contributed by atoms with Crippen LogP contribution in [0.25, 0.3) is 0 Å². The summed E-state index contributed by atoms with van der Waals surface area (Å²) in [4.78, 5) is 25.5. The minimum atomic E-state index is -4.88. The van der Waals surface area contributed by atoms with E-state index < -0.39 is 39.6 Å². The van der Waals surface area contributed by atoms with E-state index in [9.17, 15) is 22.4 Å². The second-order valence-corrected chi connectivity index (χ2v) is 9.72. The quantitative estimate of drug-likeness (QED) is 0.371. The number of piperidine rings is 1. The van der Waals surface area contributed by atoms with Crippen LogP contribution in [0.1, 0.15) is 52.9 Å². The van der Waals surface area contributed by atoms with Crippen molar-refractivity contribution in [3.8, 4) is 0 Å². The fourth-order valence-electron chi connectivity index (χ4n) is 4.69. The summed E-state index contributed by atoms with van der Waals surface area (Å²) >= 11 is 11.5. The lowest BCUT2D eigenvalue weighted by molar-refractivity contribution is -0.275. The van der Waals surface area contributed by atoms with Crippen LogP contribution in [0.4, 0.5) is 17.6 Å². The molecular formula is C23H20Cl2F4N4O2. The molecule has 3 aliphatic rings. The number of alkyl halides is 3. The Morgan fingerprint density at radius 1 is 1.03 bits per heavy atom. The Morgan fingerprint density at radius 3 is 2.34 bits per heavy atom. The van der Waals surface area contributed by atoms with Crippen LogP contribution in [0.15, 0.2) is 29.6 Å². The maximum absolute atomic E-state index is 14.3. The Bertz CT molecular complexity index is 1190. The summed E-state index contributed by atoms with van der Waals surface area (Å²) in [5, 5.41) is 2.67. The van der Waals surface area contributed by atoms with Crippen molar-refractivity contribution in [2.75, 3.05) is 13.1 Å².